The number of nitrogens with one attached hydrogen (secondary N) is 3. The lowest BCUT2D eigenvalue weighted by Gasteiger charge is -2.12. The lowest BCUT2D eigenvalue weighted by Crippen LogP contribution is -2.39. The maximum absolute atomic E-state index is 13.0. The molecule has 3 N–H and O–H groups in total. The van der Waals surface area contributed by atoms with E-state index < -0.39 is 23.7 Å². The molecule has 1 saturated heterocycles. The fourth-order valence-corrected chi connectivity index (χ4v) is 2.64. The molecule has 2 aromatic carbocycles. The van der Waals surface area contributed by atoms with E-state index in [4.69, 9.17) is 0 Å². The zero-order valence-corrected chi connectivity index (χ0v) is 12.9. The summed E-state index contributed by atoms with van der Waals surface area (Å²) in [6.07, 6.45) is -4.09. The van der Waals surface area contributed by atoms with Gasteiger partial charge in [-0.25, -0.2) is 15.2 Å². The summed E-state index contributed by atoms with van der Waals surface area (Å²) in [6.45, 7) is 0. The fraction of sp³-hybridized carbons (Fsp3) is 0.235. The van der Waals surface area contributed by atoms with Crippen molar-refractivity contribution in [1.29, 1.82) is 0 Å². The molecule has 1 amide bonds. The van der Waals surface area contributed by atoms with Crippen molar-refractivity contribution in [2.24, 2.45) is 0 Å². The average molecular weight is 353 g/mol. The van der Waals surface area contributed by atoms with Crippen LogP contribution in [0.25, 0.3) is 0 Å². The van der Waals surface area contributed by atoms with Gasteiger partial charge in [-0.05, 0) is 42.3 Å². The van der Waals surface area contributed by atoms with Crippen molar-refractivity contribution in [3.63, 3.8) is 0 Å². The Bertz CT molecular complexity index is 761. The number of rotatable bonds is 3. The van der Waals surface area contributed by atoms with Gasteiger partial charge in [0.15, 0.2) is 0 Å². The van der Waals surface area contributed by atoms with Crippen LogP contribution in [0.1, 0.15) is 23.6 Å². The van der Waals surface area contributed by atoms with Gasteiger partial charge in [-0.2, -0.15) is 13.2 Å². The molecule has 0 aromatic heterocycles. The van der Waals surface area contributed by atoms with E-state index in [1.807, 2.05) is 0 Å². The molecule has 0 aliphatic carbocycles. The number of benzene rings is 2. The maximum atomic E-state index is 13.0. The number of halogens is 4. The van der Waals surface area contributed by atoms with E-state index in [1.54, 1.807) is 12.1 Å². The Morgan fingerprint density at radius 3 is 2.48 bits per heavy atom. The molecule has 2 atom stereocenters. The largest absolute Gasteiger partial charge is 0.416 e. The van der Waals surface area contributed by atoms with Crippen LogP contribution in [-0.4, -0.2) is 11.9 Å². The highest BCUT2D eigenvalue weighted by molar-refractivity contribution is 5.95. The Labute approximate surface area is 141 Å². The SMILES string of the molecule is O=C(Nc1cccc(C(F)(F)F)c1)C1CC(c2ccc(F)cc2)NN1. The van der Waals surface area contributed by atoms with Crippen LogP contribution in [0.15, 0.2) is 48.5 Å². The van der Waals surface area contributed by atoms with Crippen LogP contribution in [-0.2, 0) is 11.0 Å². The molecule has 1 heterocycles. The van der Waals surface area contributed by atoms with Gasteiger partial charge in [0.05, 0.1) is 5.56 Å². The molecule has 4 nitrogen and oxygen atoms in total. The molecule has 132 valence electrons. The van der Waals surface area contributed by atoms with E-state index in [0.717, 1.165) is 17.7 Å². The molecule has 2 unspecified atom stereocenters. The summed E-state index contributed by atoms with van der Waals surface area (Å²) in [6, 6.07) is 9.52. The van der Waals surface area contributed by atoms with Crippen molar-refractivity contribution in [2.45, 2.75) is 24.7 Å². The normalized spacial score (nSPS) is 20.5. The highest BCUT2D eigenvalue weighted by Gasteiger charge is 2.32. The van der Waals surface area contributed by atoms with Crippen molar-refractivity contribution >= 4 is 11.6 Å². The first-order chi connectivity index (χ1) is 11.8. The molecule has 3 rings (SSSR count). The second kappa shape index (κ2) is 6.81. The minimum absolute atomic E-state index is 0.0758. The van der Waals surface area contributed by atoms with Crippen molar-refractivity contribution in [3.8, 4) is 0 Å². The van der Waals surface area contributed by atoms with E-state index in [-0.39, 0.29) is 17.5 Å². The van der Waals surface area contributed by atoms with E-state index in [0.29, 0.717) is 6.42 Å². The number of anilines is 1. The number of amides is 1. The standard InChI is InChI=1S/C17H15F4N3O/c18-12-6-4-10(5-7-12)14-9-15(24-23-14)16(25)22-13-3-1-2-11(8-13)17(19,20)21/h1-8,14-15,23-24H,9H2,(H,22,25). The number of hydrogen-bond acceptors (Lipinski definition) is 3. The first-order valence-electron chi connectivity index (χ1n) is 7.57. The third kappa shape index (κ3) is 4.15. The minimum Gasteiger partial charge on any atom is -0.325 e. The molecule has 0 radical (unpaired) electrons. The van der Waals surface area contributed by atoms with Gasteiger partial charge >= 0.3 is 6.18 Å². The maximum Gasteiger partial charge on any atom is 0.416 e. The Balaban J connectivity index is 1.64. The number of hydrazine groups is 1. The zero-order valence-electron chi connectivity index (χ0n) is 12.9. The van der Waals surface area contributed by atoms with Crippen LogP contribution >= 0.6 is 0 Å². The first-order valence-corrected chi connectivity index (χ1v) is 7.57. The number of carbonyl (C=O) groups is 1. The second-order valence-electron chi connectivity index (χ2n) is 5.75. The van der Waals surface area contributed by atoms with Crippen LogP contribution in [0.2, 0.25) is 0 Å². The highest BCUT2D eigenvalue weighted by atomic mass is 19.4. The van der Waals surface area contributed by atoms with E-state index >= 15 is 0 Å². The van der Waals surface area contributed by atoms with Crippen LogP contribution < -0.4 is 16.2 Å². The van der Waals surface area contributed by atoms with Gasteiger partial charge in [-0.1, -0.05) is 18.2 Å². The Morgan fingerprint density at radius 1 is 1.08 bits per heavy atom. The van der Waals surface area contributed by atoms with Gasteiger partial charge in [0.2, 0.25) is 5.91 Å². The molecule has 1 fully saturated rings. The lowest BCUT2D eigenvalue weighted by atomic mass is 10.0. The summed E-state index contributed by atoms with van der Waals surface area (Å²) in [5.74, 6) is -0.801. The van der Waals surface area contributed by atoms with Crippen molar-refractivity contribution in [1.82, 2.24) is 10.9 Å². The van der Waals surface area contributed by atoms with Gasteiger partial charge in [-0.3, -0.25) is 4.79 Å². The smallest absolute Gasteiger partial charge is 0.325 e. The molecule has 1 aliphatic heterocycles. The van der Waals surface area contributed by atoms with E-state index in [9.17, 15) is 22.4 Å². The van der Waals surface area contributed by atoms with Crippen LogP contribution in [0.5, 0.6) is 0 Å². The molecular weight excluding hydrogens is 338 g/mol. The Hall–Kier alpha value is -2.45. The molecule has 25 heavy (non-hydrogen) atoms. The molecule has 0 bridgehead atoms. The molecule has 8 heteroatoms. The van der Waals surface area contributed by atoms with Crippen LogP contribution in [0, 0.1) is 5.82 Å². The van der Waals surface area contributed by atoms with Gasteiger partial charge in [0.25, 0.3) is 0 Å². The van der Waals surface area contributed by atoms with E-state index in [1.165, 1.54) is 24.3 Å². The lowest BCUT2D eigenvalue weighted by molar-refractivity contribution is -0.137. The summed E-state index contributed by atoms with van der Waals surface area (Å²) in [7, 11) is 0. The average Bonchev–Trinajstić information content (AvgIpc) is 3.05. The van der Waals surface area contributed by atoms with E-state index in [2.05, 4.69) is 16.2 Å². The molecular formula is C17H15F4N3O. The summed E-state index contributed by atoms with van der Waals surface area (Å²) in [5, 5.41) is 2.48. The second-order valence-corrected chi connectivity index (χ2v) is 5.75. The quantitative estimate of drug-likeness (QED) is 0.742. The first kappa shape index (κ1) is 17.4. The minimum atomic E-state index is -4.47. The van der Waals surface area contributed by atoms with Crippen LogP contribution in [0.3, 0.4) is 0 Å². The van der Waals surface area contributed by atoms with Crippen molar-refractivity contribution < 1.29 is 22.4 Å². The molecule has 1 aliphatic rings. The summed E-state index contributed by atoms with van der Waals surface area (Å²) in [4.78, 5) is 12.3. The van der Waals surface area contributed by atoms with Crippen molar-refractivity contribution in [3.05, 3.63) is 65.5 Å². The third-order valence-corrected chi connectivity index (χ3v) is 3.95. The number of alkyl halides is 3. The predicted molar refractivity (Wildman–Crippen MR) is 83.9 cm³/mol. The zero-order chi connectivity index (χ0) is 18.0. The topological polar surface area (TPSA) is 53.2 Å². The third-order valence-electron chi connectivity index (χ3n) is 3.95. The molecule has 0 saturated carbocycles. The molecule has 0 spiro atoms. The van der Waals surface area contributed by atoms with Gasteiger partial charge in [-0.15, -0.1) is 0 Å². The van der Waals surface area contributed by atoms with Gasteiger partial charge in [0, 0.05) is 11.7 Å². The molecule has 2 aromatic rings. The predicted octanol–water partition coefficient (Wildman–Crippen LogP) is 3.39. The Morgan fingerprint density at radius 2 is 1.80 bits per heavy atom. The summed E-state index contributed by atoms with van der Waals surface area (Å²) < 4.78 is 51.1. The fourth-order valence-electron chi connectivity index (χ4n) is 2.64. The van der Waals surface area contributed by atoms with Crippen molar-refractivity contribution in [2.75, 3.05) is 5.32 Å². The monoisotopic (exact) mass is 353 g/mol. The van der Waals surface area contributed by atoms with Gasteiger partial charge in [0.1, 0.15) is 11.9 Å². The number of hydrogen-bond donors (Lipinski definition) is 3. The highest BCUT2D eigenvalue weighted by Crippen LogP contribution is 2.31. The van der Waals surface area contributed by atoms with Gasteiger partial charge < -0.3 is 5.32 Å². The van der Waals surface area contributed by atoms with Crippen LogP contribution in [0.4, 0.5) is 23.2 Å². The number of carbonyl (C=O) groups excluding carboxylic acids is 1. The Kier molecular flexibility index (Phi) is 4.73. The summed E-state index contributed by atoms with van der Waals surface area (Å²) in [5.41, 5.74) is 5.80. The summed E-state index contributed by atoms with van der Waals surface area (Å²) >= 11 is 0.